The van der Waals surface area contributed by atoms with E-state index >= 15 is 0 Å². The lowest BCUT2D eigenvalue weighted by atomic mass is 10.0. The maximum Gasteiger partial charge on any atom is 0.0462 e. The Morgan fingerprint density at radius 2 is 0.615 bits per heavy atom. The molecule has 0 amide bonds. The van der Waals surface area contributed by atoms with Crippen LogP contribution in [0.5, 0.6) is 0 Å². The predicted octanol–water partition coefficient (Wildman–Crippen LogP) is 9.05. The van der Waals surface area contributed by atoms with E-state index in [4.69, 9.17) is 4.74 Å². The van der Waals surface area contributed by atoms with Crippen LogP contribution in [0.4, 0.5) is 0 Å². The van der Waals surface area contributed by atoms with Crippen LogP contribution in [0.1, 0.15) is 141 Å². The van der Waals surface area contributed by atoms with Crippen LogP contribution in [0.2, 0.25) is 0 Å². The second-order valence-electron chi connectivity index (χ2n) is 8.27. The van der Waals surface area contributed by atoms with Crippen LogP contribution in [-0.4, -0.2) is 13.7 Å². The maximum absolute atomic E-state index is 5.08. The first kappa shape index (κ1) is 26.0. The van der Waals surface area contributed by atoms with Crippen molar-refractivity contribution in [3.8, 4) is 0 Å². The molecule has 1 radical (unpaired) electrons. The average Bonchev–Trinajstić information content (AvgIpc) is 2.66. The van der Waals surface area contributed by atoms with Gasteiger partial charge in [-0.05, 0) is 6.42 Å². The molecule has 0 spiro atoms. The Bertz CT molecular complexity index is 202. The third-order valence-corrected chi connectivity index (χ3v) is 5.60. The van der Waals surface area contributed by atoms with Gasteiger partial charge in [-0.2, -0.15) is 0 Å². The summed E-state index contributed by atoms with van der Waals surface area (Å²) in [5.74, 6) is 0. The molecule has 0 aliphatic rings. The van der Waals surface area contributed by atoms with E-state index < -0.39 is 0 Å². The molecule has 1 heteroatoms. The van der Waals surface area contributed by atoms with Gasteiger partial charge in [-0.25, -0.2) is 0 Å². The number of hydrogen-bond donors (Lipinski definition) is 0. The highest BCUT2D eigenvalue weighted by molar-refractivity contribution is 4.51. The minimum Gasteiger partial charge on any atom is -0.385 e. The molecule has 0 heterocycles. The zero-order chi connectivity index (χ0) is 19.0. The van der Waals surface area contributed by atoms with Gasteiger partial charge in [-0.3, -0.25) is 0 Å². The van der Waals surface area contributed by atoms with Crippen molar-refractivity contribution in [2.45, 2.75) is 141 Å². The first-order chi connectivity index (χ1) is 12.9. The number of hydrogen-bond acceptors (Lipinski definition) is 1. The van der Waals surface area contributed by atoms with Crippen molar-refractivity contribution >= 4 is 0 Å². The van der Waals surface area contributed by atoms with E-state index in [0.29, 0.717) is 0 Å². The SMILES string of the molecule is [CH2]CCCCCCCCCCCCCCCCCCCCCCCOC. The molecule has 26 heavy (non-hydrogen) atoms. The smallest absolute Gasteiger partial charge is 0.0462 e. The minimum atomic E-state index is 0.942. The van der Waals surface area contributed by atoms with Crippen molar-refractivity contribution in [1.29, 1.82) is 0 Å². The molecule has 0 N–H and O–H groups in total. The highest BCUT2D eigenvalue weighted by Gasteiger charge is 1.95. The molecule has 0 saturated heterocycles. The lowest BCUT2D eigenvalue weighted by Crippen LogP contribution is -1.88. The van der Waals surface area contributed by atoms with Gasteiger partial charge in [0, 0.05) is 13.7 Å². The van der Waals surface area contributed by atoms with E-state index in [0.717, 1.165) is 13.0 Å². The Kier molecular flexibility index (Phi) is 24.9. The van der Waals surface area contributed by atoms with Crippen LogP contribution in [0.15, 0.2) is 0 Å². The molecule has 0 aromatic rings. The Labute approximate surface area is 167 Å². The summed E-state index contributed by atoms with van der Waals surface area (Å²) in [6.45, 7) is 4.85. The lowest BCUT2D eigenvalue weighted by molar-refractivity contribution is 0.192. The molecule has 0 fully saturated rings. The molecule has 0 saturated carbocycles. The Morgan fingerprint density at radius 3 is 0.846 bits per heavy atom. The molecule has 1 nitrogen and oxygen atoms in total. The molecular formula is C25H51O. The summed E-state index contributed by atoms with van der Waals surface area (Å²) in [7, 11) is 1.80. The second kappa shape index (κ2) is 25.0. The second-order valence-corrected chi connectivity index (χ2v) is 8.27. The normalized spacial score (nSPS) is 11.3. The van der Waals surface area contributed by atoms with Crippen LogP contribution in [0.3, 0.4) is 0 Å². The number of unbranched alkanes of at least 4 members (excludes halogenated alkanes) is 21. The van der Waals surface area contributed by atoms with Crippen LogP contribution in [-0.2, 0) is 4.74 Å². The van der Waals surface area contributed by atoms with E-state index in [9.17, 15) is 0 Å². The fourth-order valence-corrected chi connectivity index (χ4v) is 3.78. The fourth-order valence-electron chi connectivity index (χ4n) is 3.78. The summed E-state index contributed by atoms with van der Waals surface area (Å²) in [6, 6.07) is 0. The molecule has 157 valence electrons. The average molecular weight is 368 g/mol. The molecule has 0 atom stereocenters. The van der Waals surface area contributed by atoms with Gasteiger partial charge in [0.1, 0.15) is 0 Å². The van der Waals surface area contributed by atoms with E-state index in [1.54, 1.807) is 7.11 Å². The largest absolute Gasteiger partial charge is 0.385 e. The van der Waals surface area contributed by atoms with Crippen LogP contribution >= 0.6 is 0 Å². The predicted molar refractivity (Wildman–Crippen MR) is 119 cm³/mol. The topological polar surface area (TPSA) is 9.23 Å². The molecule has 0 aromatic carbocycles. The van der Waals surface area contributed by atoms with Crippen LogP contribution in [0.25, 0.3) is 0 Å². The summed E-state index contributed by atoms with van der Waals surface area (Å²) in [4.78, 5) is 0. The number of methoxy groups -OCH3 is 1. The zero-order valence-corrected chi connectivity index (χ0v) is 18.4. The lowest BCUT2D eigenvalue weighted by Gasteiger charge is -2.04. The third kappa shape index (κ3) is 24.0. The number of rotatable bonds is 23. The molecular weight excluding hydrogens is 316 g/mol. The Balaban J connectivity index is 2.95. The van der Waals surface area contributed by atoms with Gasteiger partial charge in [0.05, 0.1) is 0 Å². The maximum atomic E-state index is 5.08. The molecule has 0 unspecified atom stereocenters. The monoisotopic (exact) mass is 367 g/mol. The standard InChI is InChI=1S/C25H51O/c1-3-4-5-6-7-8-9-10-11-12-13-14-15-16-17-18-19-20-21-22-23-24-25-26-2/h1,3-25H2,2H3. The van der Waals surface area contributed by atoms with E-state index in [-0.39, 0.29) is 0 Å². The van der Waals surface area contributed by atoms with Crippen molar-refractivity contribution in [3.05, 3.63) is 6.92 Å². The zero-order valence-electron chi connectivity index (χ0n) is 18.4. The molecule has 0 aromatic heterocycles. The summed E-state index contributed by atoms with van der Waals surface area (Å²) < 4.78 is 5.08. The van der Waals surface area contributed by atoms with Gasteiger partial charge >= 0.3 is 0 Å². The van der Waals surface area contributed by atoms with E-state index in [2.05, 4.69) is 6.92 Å². The van der Waals surface area contributed by atoms with Crippen LogP contribution in [0, 0.1) is 6.92 Å². The summed E-state index contributed by atoms with van der Waals surface area (Å²) in [5.41, 5.74) is 0. The Hall–Kier alpha value is -0.0400. The van der Waals surface area contributed by atoms with Crippen molar-refractivity contribution in [1.82, 2.24) is 0 Å². The minimum absolute atomic E-state index is 0.942. The molecule has 0 aliphatic carbocycles. The first-order valence-electron chi connectivity index (χ1n) is 12.2. The highest BCUT2D eigenvalue weighted by Crippen LogP contribution is 2.15. The summed E-state index contributed by atoms with van der Waals surface area (Å²) in [6.07, 6.45) is 31.3. The molecule has 0 bridgehead atoms. The van der Waals surface area contributed by atoms with Crippen molar-refractivity contribution in [2.75, 3.05) is 13.7 Å². The van der Waals surface area contributed by atoms with E-state index in [1.165, 1.54) is 135 Å². The summed E-state index contributed by atoms with van der Waals surface area (Å²) >= 11 is 0. The van der Waals surface area contributed by atoms with E-state index in [1.807, 2.05) is 0 Å². The molecule has 0 aliphatic heterocycles. The van der Waals surface area contributed by atoms with Gasteiger partial charge in [0.25, 0.3) is 0 Å². The number of ether oxygens (including phenoxy) is 1. The van der Waals surface area contributed by atoms with Gasteiger partial charge in [0.15, 0.2) is 0 Å². The van der Waals surface area contributed by atoms with Gasteiger partial charge in [-0.1, -0.05) is 142 Å². The quantitative estimate of drug-likeness (QED) is 0.164. The third-order valence-electron chi connectivity index (χ3n) is 5.60. The molecule has 0 rings (SSSR count). The highest BCUT2D eigenvalue weighted by atomic mass is 16.5. The Morgan fingerprint density at radius 1 is 0.385 bits per heavy atom. The first-order valence-corrected chi connectivity index (χ1v) is 12.2. The van der Waals surface area contributed by atoms with Crippen molar-refractivity contribution in [3.63, 3.8) is 0 Å². The summed E-state index contributed by atoms with van der Waals surface area (Å²) in [5, 5.41) is 0. The van der Waals surface area contributed by atoms with Gasteiger partial charge in [-0.15, -0.1) is 0 Å². The van der Waals surface area contributed by atoms with Crippen molar-refractivity contribution in [2.24, 2.45) is 0 Å². The van der Waals surface area contributed by atoms with Crippen LogP contribution < -0.4 is 0 Å². The van der Waals surface area contributed by atoms with Gasteiger partial charge in [0.2, 0.25) is 0 Å². The fraction of sp³-hybridized carbons (Fsp3) is 0.960. The van der Waals surface area contributed by atoms with Gasteiger partial charge < -0.3 is 4.74 Å². The van der Waals surface area contributed by atoms with Crippen molar-refractivity contribution < 1.29 is 4.74 Å².